The van der Waals surface area contributed by atoms with Crippen molar-refractivity contribution in [3.05, 3.63) is 88.4 Å². The molecule has 1 atom stereocenters. The van der Waals surface area contributed by atoms with E-state index in [0.717, 1.165) is 16.7 Å². The summed E-state index contributed by atoms with van der Waals surface area (Å²) in [6, 6.07) is 18.7. The molecule has 8 heteroatoms. The Kier molecular flexibility index (Phi) is 7.56. The van der Waals surface area contributed by atoms with Gasteiger partial charge in [0.25, 0.3) is 5.91 Å². The fourth-order valence-electron chi connectivity index (χ4n) is 3.26. The Labute approximate surface area is 193 Å². The van der Waals surface area contributed by atoms with E-state index in [0.29, 0.717) is 5.69 Å². The smallest absolute Gasteiger partial charge is 0.262 e. The molecule has 0 bridgehead atoms. The molecule has 0 aliphatic rings. The van der Waals surface area contributed by atoms with E-state index < -0.39 is 16.1 Å². The topological polar surface area (TPSA) is 84.5 Å². The lowest BCUT2D eigenvalue weighted by molar-refractivity contribution is -0.118. The molecule has 0 aliphatic carbocycles. The summed E-state index contributed by atoms with van der Waals surface area (Å²) in [6.45, 7) is 5.40. The number of carbonyl (C=O) groups excluding carboxylic acids is 1. The Morgan fingerprint density at radius 2 is 1.66 bits per heavy atom. The number of ether oxygens (including phenoxy) is 1. The maximum Gasteiger partial charge on any atom is 0.262 e. The molecule has 3 aromatic rings. The van der Waals surface area contributed by atoms with Crippen LogP contribution in [0.4, 0.5) is 5.69 Å². The van der Waals surface area contributed by atoms with Crippen LogP contribution in [0.25, 0.3) is 0 Å². The minimum Gasteiger partial charge on any atom is -0.482 e. The van der Waals surface area contributed by atoms with Gasteiger partial charge < -0.3 is 10.1 Å². The van der Waals surface area contributed by atoms with Crippen molar-refractivity contribution in [1.82, 2.24) is 4.72 Å². The van der Waals surface area contributed by atoms with Gasteiger partial charge in [-0.05, 0) is 67.8 Å². The number of halogens is 1. The lowest BCUT2D eigenvalue weighted by Gasteiger charge is -2.15. The lowest BCUT2D eigenvalue weighted by atomic mass is 10.1. The van der Waals surface area contributed by atoms with E-state index in [-0.39, 0.29) is 28.2 Å². The van der Waals surface area contributed by atoms with Crippen molar-refractivity contribution in [3.8, 4) is 5.75 Å². The van der Waals surface area contributed by atoms with Crippen LogP contribution in [0.15, 0.2) is 71.6 Å². The Balaban J connectivity index is 1.63. The van der Waals surface area contributed by atoms with Crippen LogP contribution in [-0.4, -0.2) is 20.9 Å². The van der Waals surface area contributed by atoms with Gasteiger partial charge in [0.1, 0.15) is 5.75 Å². The maximum atomic E-state index is 12.7. The number of rotatable bonds is 8. The van der Waals surface area contributed by atoms with Crippen molar-refractivity contribution in [2.45, 2.75) is 31.7 Å². The number of anilines is 1. The predicted molar refractivity (Wildman–Crippen MR) is 127 cm³/mol. The molecule has 0 heterocycles. The first-order valence-electron chi connectivity index (χ1n) is 10.0. The quantitative estimate of drug-likeness (QED) is 0.482. The van der Waals surface area contributed by atoms with Gasteiger partial charge in [-0.25, -0.2) is 13.1 Å². The highest BCUT2D eigenvalue weighted by molar-refractivity contribution is 7.89. The number of carbonyl (C=O) groups is 1. The van der Waals surface area contributed by atoms with Crippen molar-refractivity contribution < 1.29 is 17.9 Å². The SMILES string of the molecule is Cc1cc(C)cc(NC(=O)COc2ccc(S(=O)(=O)N[C@@H](C)c3ccccc3)cc2Cl)c1. The summed E-state index contributed by atoms with van der Waals surface area (Å²) in [5.41, 5.74) is 3.60. The zero-order valence-corrected chi connectivity index (χ0v) is 19.6. The number of sulfonamides is 1. The van der Waals surface area contributed by atoms with E-state index in [1.807, 2.05) is 62.4 Å². The van der Waals surface area contributed by atoms with Gasteiger partial charge in [-0.1, -0.05) is 48.0 Å². The first kappa shape index (κ1) is 23.8. The molecule has 0 radical (unpaired) electrons. The fraction of sp³-hybridized carbons (Fsp3) is 0.208. The standard InChI is InChI=1S/C24H25ClN2O4S/c1-16-11-17(2)13-20(12-16)26-24(28)15-31-23-10-9-21(14-22(23)25)32(29,30)27-18(3)19-7-5-4-6-8-19/h4-14,18,27H,15H2,1-3H3,(H,26,28)/t18-/m0/s1. The zero-order valence-electron chi connectivity index (χ0n) is 18.1. The number of amides is 1. The maximum absolute atomic E-state index is 12.7. The summed E-state index contributed by atoms with van der Waals surface area (Å²) >= 11 is 6.23. The third kappa shape index (κ3) is 6.32. The fourth-order valence-corrected chi connectivity index (χ4v) is 4.82. The second kappa shape index (κ2) is 10.2. The first-order chi connectivity index (χ1) is 15.1. The highest BCUT2D eigenvalue weighted by atomic mass is 35.5. The highest BCUT2D eigenvalue weighted by Gasteiger charge is 2.20. The Morgan fingerprint density at radius 3 is 2.28 bits per heavy atom. The first-order valence-corrected chi connectivity index (χ1v) is 11.9. The van der Waals surface area contributed by atoms with Gasteiger partial charge in [-0.15, -0.1) is 0 Å². The highest BCUT2D eigenvalue weighted by Crippen LogP contribution is 2.28. The lowest BCUT2D eigenvalue weighted by Crippen LogP contribution is -2.27. The number of hydrogen-bond acceptors (Lipinski definition) is 4. The number of nitrogens with one attached hydrogen (secondary N) is 2. The van der Waals surface area contributed by atoms with Crippen LogP contribution in [0.2, 0.25) is 5.02 Å². The van der Waals surface area contributed by atoms with Crippen LogP contribution in [0, 0.1) is 13.8 Å². The molecule has 0 spiro atoms. The number of aryl methyl sites for hydroxylation is 2. The van der Waals surface area contributed by atoms with Gasteiger partial charge >= 0.3 is 0 Å². The monoisotopic (exact) mass is 472 g/mol. The minimum atomic E-state index is -3.80. The van der Waals surface area contributed by atoms with E-state index in [4.69, 9.17) is 16.3 Å². The van der Waals surface area contributed by atoms with Crippen molar-refractivity contribution >= 4 is 33.2 Å². The molecule has 0 aromatic heterocycles. The average Bonchev–Trinajstić information content (AvgIpc) is 2.72. The van der Waals surface area contributed by atoms with Gasteiger partial charge in [0.15, 0.2) is 6.61 Å². The normalized spacial score (nSPS) is 12.2. The summed E-state index contributed by atoms with van der Waals surface area (Å²) in [7, 11) is -3.80. The molecule has 168 valence electrons. The molecule has 0 saturated carbocycles. The van der Waals surface area contributed by atoms with Crippen LogP contribution in [0.1, 0.15) is 29.7 Å². The zero-order chi connectivity index (χ0) is 23.3. The molecule has 0 fully saturated rings. The molecule has 3 rings (SSSR count). The van der Waals surface area contributed by atoms with Crippen LogP contribution in [-0.2, 0) is 14.8 Å². The predicted octanol–water partition coefficient (Wildman–Crippen LogP) is 5.01. The summed E-state index contributed by atoms with van der Waals surface area (Å²) in [6.07, 6.45) is 0. The van der Waals surface area contributed by atoms with E-state index in [1.54, 1.807) is 6.92 Å². The third-order valence-corrected chi connectivity index (χ3v) is 6.54. The molecule has 6 nitrogen and oxygen atoms in total. The molecule has 3 aromatic carbocycles. The summed E-state index contributed by atoms with van der Waals surface area (Å²) in [5, 5.41) is 2.87. The van der Waals surface area contributed by atoms with Crippen LogP contribution in [0.5, 0.6) is 5.75 Å². The Bertz CT molecular complexity index is 1190. The van der Waals surface area contributed by atoms with Crippen molar-refractivity contribution in [1.29, 1.82) is 0 Å². The van der Waals surface area contributed by atoms with E-state index in [9.17, 15) is 13.2 Å². The molecule has 0 unspecified atom stereocenters. The molecular formula is C24H25ClN2O4S. The third-order valence-electron chi connectivity index (χ3n) is 4.71. The molecule has 2 N–H and O–H groups in total. The molecular weight excluding hydrogens is 448 g/mol. The summed E-state index contributed by atoms with van der Waals surface area (Å²) in [4.78, 5) is 12.2. The van der Waals surface area contributed by atoms with Crippen LogP contribution >= 0.6 is 11.6 Å². The second-order valence-electron chi connectivity index (χ2n) is 7.56. The van der Waals surface area contributed by atoms with Gasteiger partial charge in [0.05, 0.1) is 9.92 Å². The van der Waals surface area contributed by atoms with Crippen molar-refractivity contribution in [2.24, 2.45) is 0 Å². The largest absolute Gasteiger partial charge is 0.482 e. The average molecular weight is 473 g/mol. The van der Waals surface area contributed by atoms with Crippen molar-refractivity contribution in [2.75, 3.05) is 11.9 Å². The Hall–Kier alpha value is -2.87. The number of hydrogen-bond donors (Lipinski definition) is 2. The van der Waals surface area contributed by atoms with Crippen LogP contribution < -0.4 is 14.8 Å². The minimum absolute atomic E-state index is 0.0114. The second-order valence-corrected chi connectivity index (χ2v) is 9.68. The van der Waals surface area contributed by atoms with Gasteiger partial charge in [-0.3, -0.25) is 4.79 Å². The van der Waals surface area contributed by atoms with Gasteiger partial charge in [0, 0.05) is 11.7 Å². The molecule has 32 heavy (non-hydrogen) atoms. The number of benzene rings is 3. The Morgan fingerprint density at radius 1 is 1.00 bits per heavy atom. The summed E-state index contributed by atoms with van der Waals surface area (Å²) < 4.78 is 33.6. The molecule has 1 amide bonds. The molecule has 0 aliphatic heterocycles. The van der Waals surface area contributed by atoms with E-state index in [1.165, 1.54) is 18.2 Å². The van der Waals surface area contributed by atoms with Gasteiger partial charge in [-0.2, -0.15) is 0 Å². The van der Waals surface area contributed by atoms with E-state index in [2.05, 4.69) is 10.0 Å². The van der Waals surface area contributed by atoms with Crippen LogP contribution in [0.3, 0.4) is 0 Å². The van der Waals surface area contributed by atoms with Crippen molar-refractivity contribution in [3.63, 3.8) is 0 Å². The summed E-state index contributed by atoms with van der Waals surface area (Å²) in [5.74, 6) is -0.126. The molecule has 0 saturated heterocycles. The van der Waals surface area contributed by atoms with Gasteiger partial charge in [0.2, 0.25) is 10.0 Å². The van der Waals surface area contributed by atoms with E-state index >= 15 is 0 Å².